The molecule has 2 rings (SSSR count). The summed E-state index contributed by atoms with van der Waals surface area (Å²) in [7, 11) is 0. The van der Waals surface area contributed by atoms with E-state index in [-0.39, 0.29) is 0 Å². The Kier molecular flexibility index (Phi) is 2.63. The number of rotatable bonds is 2. The van der Waals surface area contributed by atoms with E-state index in [0.29, 0.717) is 0 Å². The maximum Gasteiger partial charge on any atom is 0.221 e. The predicted octanol–water partition coefficient (Wildman–Crippen LogP) is 2.76. The predicted molar refractivity (Wildman–Crippen MR) is 57.3 cm³/mol. The van der Waals surface area contributed by atoms with Crippen molar-refractivity contribution in [2.75, 3.05) is 6.54 Å². The molecule has 0 aliphatic carbocycles. The molecule has 1 aliphatic rings. The second-order valence-corrected chi connectivity index (χ2v) is 3.14. The van der Waals surface area contributed by atoms with Gasteiger partial charge in [0, 0.05) is 12.0 Å². The molecule has 0 spiro atoms. The van der Waals surface area contributed by atoms with Crippen LogP contribution in [0.25, 0.3) is 0 Å². The second-order valence-electron chi connectivity index (χ2n) is 3.14. The average Bonchev–Trinajstić information content (AvgIpc) is 2.30. The molecule has 72 valence electrons. The number of ether oxygens (including phenoxy) is 1. The lowest BCUT2D eigenvalue weighted by Crippen LogP contribution is -2.11. The van der Waals surface area contributed by atoms with Crippen molar-refractivity contribution in [3.05, 3.63) is 47.7 Å². The summed E-state index contributed by atoms with van der Waals surface area (Å²) >= 11 is 0. The van der Waals surface area contributed by atoms with E-state index < -0.39 is 0 Å². The first-order valence-electron chi connectivity index (χ1n) is 4.87. The molecule has 1 aromatic carbocycles. The van der Waals surface area contributed by atoms with Crippen LogP contribution in [0.5, 0.6) is 0 Å². The standard InChI is InChI=1S/C12H13NO/c1-2-11-8-9-13-12(14-11)10-6-4-3-5-7-10/h3-8H,2,9H2,1H3. The summed E-state index contributed by atoms with van der Waals surface area (Å²) in [5, 5.41) is 0. The Morgan fingerprint density at radius 1 is 1.29 bits per heavy atom. The van der Waals surface area contributed by atoms with E-state index in [1.54, 1.807) is 0 Å². The van der Waals surface area contributed by atoms with Crippen LogP contribution in [0.15, 0.2) is 47.2 Å². The van der Waals surface area contributed by atoms with Crippen LogP contribution in [0.1, 0.15) is 18.9 Å². The van der Waals surface area contributed by atoms with Gasteiger partial charge in [-0.1, -0.05) is 25.1 Å². The molecule has 2 nitrogen and oxygen atoms in total. The monoisotopic (exact) mass is 187 g/mol. The summed E-state index contributed by atoms with van der Waals surface area (Å²) in [6.07, 6.45) is 2.94. The van der Waals surface area contributed by atoms with Crippen LogP contribution in [0.2, 0.25) is 0 Å². The largest absolute Gasteiger partial charge is 0.443 e. The Morgan fingerprint density at radius 2 is 2.07 bits per heavy atom. The average molecular weight is 187 g/mol. The molecule has 1 heterocycles. The maximum atomic E-state index is 5.63. The normalized spacial score (nSPS) is 15.5. The summed E-state index contributed by atoms with van der Waals surface area (Å²) in [6.45, 7) is 2.81. The number of benzene rings is 1. The van der Waals surface area contributed by atoms with Crippen molar-refractivity contribution in [1.29, 1.82) is 0 Å². The van der Waals surface area contributed by atoms with E-state index in [1.165, 1.54) is 0 Å². The van der Waals surface area contributed by atoms with E-state index in [4.69, 9.17) is 4.74 Å². The fraction of sp³-hybridized carbons (Fsp3) is 0.250. The molecule has 0 fully saturated rings. The SMILES string of the molecule is CCC1=CCN=C(c2ccccc2)O1. The van der Waals surface area contributed by atoms with Gasteiger partial charge in [-0.3, -0.25) is 0 Å². The van der Waals surface area contributed by atoms with Crippen molar-refractivity contribution in [2.45, 2.75) is 13.3 Å². The highest BCUT2D eigenvalue weighted by Crippen LogP contribution is 2.13. The molecule has 2 heteroatoms. The highest BCUT2D eigenvalue weighted by atomic mass is 16.5. The first-order chi connectivity index (χ1) is 6.90. The van der Waals surface area contributed by atoms with Crippen molar-refractivity contribution in [3.8, 4) is 0 Å². The Labute approximate surface area is 83.9 Å². The van der Waals surface area contributed by atoms with Gasteiger partial charge in [-0.15, -0.1) is 0 Å². The van der Waals surface area contributed by atoms with Crippen molar-refractivity contribution in [3.63, 3.8) is 0 Å². The van der Waals surface area contributed by atoms with E-state index in [0.717, 1.165) is 30.2 Å². The fourth-order valence-corrected chi connectivity index (χ4v) is 1.38. The van der Waals surface area contributed by atoms with E-state index >= 15 is 0 Å². The lowest BCUT2D eigenvalue weighted by molar-refractivity contribution is 0.389. The summed E-state index contributed by atoms with van der Waals surface area (Å²) in [6, 6.07) is 9.99. The molecule has 0 saturated heterocycles. The third-order valence-corrected chi connectivity index (χ3v) is 2.15. The maximum absolute atomic E-state index is 5.63. The van der Waals surface area contributed by atoms with Gasteiger partial charge in [0.15, 0.2) is 0 Å². The molecule has 0 amide bonds. The fourth-order valence-electron chi connectivity index (χ4n) is 1.38. The molecule has 1 aromatic rings. The number of nitrogens with zero attached hydrogens (tertiary/aromatic N) is 1. The van der Waals surface area contributed by atoms with Gasteiger partial charge in [0.2, 0.25) is 5.90 Å². The van der Waals surface area contributed by atoms with E-state index in [2.05, 4.69) is 11.9 Å². The van der Waals surface area contributed by atoms with Crippen LogP contribution in [0, 0.1) is 0 Å². The molecular formula is C12H13NO. The zero-order valence-electron chi connectivity index (χ0n) is 8.23. The van der Waals surface area contributed by atoms with Crippen LogP contribution in [-0.4, -0.2) is 12.4 Å². The molecular weight excluding hydrogens is 174 g/mol. The zero-order chi connectivity index (χ0) is 9.80. The molecule has 0 unspecified atom stereocenters. The quantitative estimate of drug-likeness (QED) is 0.697. The first-order valence-corrected chi connectivity index (χ1v) is 4.87. The third kappa shape index (κ3) is 1.84. The van der Waals surface area contributed by atoms with E-state index in [9.17, 15) is 0 Å². The number of aliphatic imine (C=N–C) groups is 1. The molecule has 0 radical (unpaired) electrons. The second kappa shape index (κ2) is 4.09. The van der Waals surface area contributed by atoms with Gasteiger partial charge < -0.3 is 4.74 Å². The Hall–Kier alpha value is -1.57. The topological polar surface area (TPSA) is 21.6 Å². The summed E-state index contributed by atoms with van der Waals surface area (Å²) < 4.78 is 5.63. The number of hydrogen-bond donors (Lipinski definition) is 0. The minimum Gasteiger partial charge on any atom is -0.443 e. The summed E-state index contributed by atoms with van der Waals surface area (Å²) in [5.41, 5.74) is 1.05. The molecule has 1 aliphatic heterocycles. The van der Waals surface area contributed by atoms with E-state index in [1.807, 2.05) is 36.4 Å². The van der Waals surface area contributed by atoms with Gasteiger partial charge in [0.05, 0.1) is 6.54 Å². The minimum atomic E-state index is 0.730. The Balaban J connectivity index is 2.18. The van der Waals surface area contributed by atoms with Crippen LogP contribution in [0.4, 0.5) is 0 Å². The minimum absolute atomic E-state index is 0.730. The van der Waals surface area contributed by atoms with Crippen molar-refractivity contribution in [2.24, 2.45) is 4.99 Å². The molecule has 0 atom stereocenters. The number of hydrogen-bond acceptors (Lipinski definition) is 2. The lowest BCUT2D eigenvalue weighted by Gasteiger charge is -2.14. The van der Waals surface area contributed by atoms with Crippen molar-refractivity contribution < 1.29 is 4.74 Å². The lowest BCUT2D eigenvalue weighted by atomic mass is 10.2. The van der Waals surface area contributed by atoms with Crippen LogP contribution >= 0.6 is 0 Å². The van der Waals surface area contributed by atoms with Crippen molar-refractivity contribution >= 4 is 5.90 Å². The Morgan fingerprint density at radius 3 is 2.79 bits per heavy atom. The Bertz CT molecular complexity index is 365. The van der Waals surface area contributed by atoms with Crippen molar-refractivity contribution in [1.82, 2.24) is 0 Å². The third-order valence-electron chi connectivity index (χ3n) is 2.15. The number of allylic oxidation sites excluding steroid dienone is 1. The van der Waals surface area contributed by atoms with Gasteiger partial charge >= 0.3 is 0 Å². The zero-order valence-corrected chi connectivity index (χ0v) is 8.23. The molecule has 0 bridgehead atoms. The van der Waals surface area contributed by atoms with Gasteiger partial charge in [-0.05, 0) is 18.2 Å². The van der Waals surface area contributed by atoms with Gasteiger partial charge in [0.25, 0.3) is 0 Å². The van der Waals surface area contributed by atoms with Crippen LogP contribution < -0.4 is 0 Å². The molecule has 14 heavy (non-hydrogen) atoms. The van der Waals surface area contributed by atoms with Gasteiger partial charge in [-0.25, -0.2) is 4.99 Å². The highest BCUT2D eigenvalue weighted by Gasteiger charge is 2.09. The summed E-state index contributed by atoms with van der Waals surface area (Å²) in [4.78, 5) is 4.32. The highest BCUT2D eigenvalue weighted by molar-refractivity contribution is 5.95. The first kappa shape index (κ1) is 9.00. The molecule has 0 N–H and O–H groups in total. The molecule has 0 aromatic heterocycles. The van der Waals surface area contributed by atoms with Crippen LogP contribution in [0.3, 0.4) is 0 Å². The van der Waals surface area contributed by atoms with Gasteiger partial charge in [-0.2, -0.15) is 0 Å². The van der Waals surface area contributed by atoms with Crippen LogP contribution in [-0.2, 0) is 4.74 Å². The summed E-state index contributed by atoms with van der Waals surface area (Å²) in [5.74, 6) is 1.75. The molecule has 0 saturated carbocycles. The smallest absolute Gasteiger partial charge is 0.221 e. The van der Waals surface area contributed by atoms with Gasteiger partial charge in [0.1, 0.15) is 5.76 Å².